The van der Waals surface area contributed by atoms with Crippen LogP contribution in [0.5, 0.6) is 0 Å². The van der Waals surface area contributed by atoms with E-state index >= 15 is 0 Å². The maximum atomic E-state index is 11.7. The summed E-state index contributed by atoms with van der Waals surface area (Å²) in [7, 11) is 0. The van der Waals surface area contributed by atoms with Crippen LogP contribution in [-0.4, -0.2) is 17.2 Å². The van der Waals surface area contributed by atoms with E-state index in [1.165, 1.54) is 0 Å². The molecule has 0 saturated heterocycles. The predicted molar refractivity (Wildman–Crippen MR) is 63.9 cm³/mol. The van der Waals surface area contributed by atoms with Crippen LogP contribution in [-0.2, 0) is 4.79 Å². The number of halogens is 2. The van der Waals surface area contributed by atoms with Crippen LogP contribution in [0.1, 0.15) is 23.7 Å². The fourth-order valence-electron chi connectivity index (χ4n) is 1.20. The summed E-state index contributed by atoms with van der Waals surface area (Å²) in [4.78, 5) is 22.7. The molecule has 1 unspecified atom stereocenters. The van der Waals surface area contributed by atoms with Gasteiger partial charge in [0.15, 0.2) is 0 Å². The van der Waals surface area contributed by atoms with Crippen molar-refractivity contribution < 1.29 is 9.59 Å². The van der Waals surface area contributed by atoms with Gasteiger partial charge in [0.05, 0.1) is 10.6 Å². The number of rotatable bonds is 4. The van der Waals surface area contributed by atoms with Crippen molar-refractivity contribution in [3.8, 4) is 0 Å². The number of carbonyl (C=O) groups is 2. The maximum Gasteiger partial charge on any atom is 0.253 e. The van der Waals surface area contributed by atoms with Crippen molar-refractivity contribution in [3.05, 3.63) is 34.9 Å². The number of amides is 1. The number of nitrogens with one attached hydrogen (secondary N) is 1. The van der Waals surface area contributed by atoms with Crippen LogP contribution in [0.15, 0.2) is 24.3 Å². The lowest BCUT2D eigenvalue weighted by Gasteiger charge is -2.12. The summed E-state index contributed by atoms with van der Waals surface area (Å²) in [5, 5.41) is 2.28. The Morgan fingerprint density at radius 2 is 2.00 bits per heavy atom. The monoisotopic (exact) mass is 259 g/mol. The molecule has 1 N–H and O–H groups in total. The van der Waals surface area contributed by atoms with Crippen molar-refractivity contribution in [2.75, 3.05) is 0 Å². The molecule has 1 atom stereocenters. The first-order chi connectivity index (χ1) is 7.56. The molecule has 1 rings (SSSR count). The summed E-state index contributed by atoms with van der Waals surface area (Å²) in [6.45, 7) is 1.76. The van der Waals surface area contributed by atoms with Crippen LogP contribution < -0.4 is 5.32 Å². The van der Waals surface area contributed by atoms with Gasteiger partial charge in [-0.15, -0.1) is 0 Å². The normalized spacial score (nSPS) is 11.9. The van der Waals surface area contributed by atoms with E-state index in [0.717, 1.165) is 0 Å². The van der Waals surface area contributed by atoms with Gasteiger partial charge in [-0.2, -0.15) is 0 Å². The zero-order valence-corrected chi connectivity index (χ0v) is 10.2. The third kappa shape index (κ3) is 3.22. The summed E-state index contributed by atoms with van der Waals surface area (Å²) in [6, 6.07) is 5.95. The highest BCUT2D eigenvalue weighted by Gasteiger charge is 2.18. The molecule has 5 heteroatoms. The highest BCUT2D eigenvalue weighted by Crippen LogP contribution is 2.15. The Hall–Kier alpha value is -1.06. The van der Waals surface area contributed by atoms with Crippen molar-refractivity contribution in [2.45, 2.75) is 19.4 Å². The minimum atomic E-state index is -0.676. The van der Waals surface area contributed by atoms with Crippen LogP contribution in [0.3, 0.4) is 0 Å². The second-order valence-corrected chi connectivity index (χ2v) is 4.00. The summed E-state index contributed by atoms with van der Waals surface area (Å²) >= 11 is 11.2. The molecule has 3 nitrogen and oxygen atoms in total. The average Bonchev–Trinajstić information content (AvgIpc) is 2.25. The lowest BCUT2D eigenvalue weighted by molar-refractivity contribution is -0.113. The topological polar surface area (TPSA) is 46.2 Å². The SMILES string of the molecule is CCC(NC(=O)c1ccccc1Cl)C(=O)Cl. The molecule has 0 heterocycles. The van der Waals surface area contributed by atoms with E-state index in [1.807, 2.05) is 0 Å². The highest BCUT2D eigenvalue weighted by atomic mass is 35.5. The van der Waals surface area contributed by atoms with Crippen LogP contribution in [0.4, 0.5) is 0 Å². The number of hydrogen-bond donors (Lipinski definition) is 1. The van der Waals surface area contributed by atoms with E-state index in [-0.39, 0.29) is 0 Å². The molecule has 1 aromatic rings. The molecule has 0 bridgehead atoms. The van der Waals surface area contributed by atoms with E-state index in [2.05, 4.69) is 5.32 Å². The third-order valence-electron chi connectivity index (χ3n) is 2.11. The average molecular weight is 260 g/mol. The van der Waals surface area contributed by atoms with Crippen LogP contribution >= 0.6 is 23.2 Å². The number of carbonyl (C=O) groups excluding carboxylic acids is 2. The molecule has 0 aliphatic heterocycles. The van der Waals surface area contributed by atoms with Crippen LogP contribution in [0, 0.1) is 0 Å². The Balaban J connectivity index is 2.80. The van der Waals surface area contributed by atoms with Gasteiger partial charge in [-0.3, -0.25) is 9.59 Å². The molecular formula is C11H11Cl2NO2. The van der Waals surface area contributed by atoms with Crippen molar-refractivity contribution in [3.63, 3.8) is 0 Å². The molecule has 0 aliphatic carbocycles. The highest BCUT2D eigenvalue weighted by molar-refractivity contribution is 6.64. The Kier molecular flexibility index (Phi) is 4.77. The lowest BCUT2D eigenvalue weighted by Crippen LogP contribution is -2.38. The fraction of sp³-hybridized carbons (Fsp3) is 0.273. The number of hydrogen-bond acceptors (Lipinski definition) is 2. The molecule has 0 radical (unpaired) electrons. The molecule has 0 fully saturated rings. The van der Waals surface area contributed by atoms with E-state index in [1.54, 1.807) is 31.2 Å². The quantitative estimate of drug-likeness (QED) is 0.846. The fourth-order valence-corrected chi connectivity index (χ4v) is 1.63. The first kappa shape index (κ1) is 13.0. The van der Waals surface area contributed by atoms with E-state index < -0.39 is 17.2 Å². The smallest absolute Gasteiger partial charge is 0.253 e. The second-order valence-electron chi connectivity index (χ2n) is 3.22. The molecular weight excluding hydrogens is 249 g/mol. The molecule has 0 aliphatic rings. The standard InChI is InChI=1S/C11H11Cl2NO2/c1-2-9(10(13)15)14-11(16)7-5-3-4-6-8(7)12/h3-6,9H,2H2,1H3,(H,14,16). The Morgan fingerprint density at radius 3 is 2.50 bits per heavy atom. The predicted octanol–water partition coefficient (Wildman–Crippen LogP) is 2.61. The molecule has 86 valence electrons. The number of benzene rings is 1. The molecule has 0 aromatic heterocycles. The Bertz CT molecular complexity index is 407. The minimum Gasteiger partial charge on any atom is -0.341 e. The van der Waals surface area contributed by atoms with Gasteiger partial charge in [0, 0.05) is 0 Å². The van der Waals surface area contributed by atoms with E-state index in [4.69, 9.17) is 23.2 Å². The van der Waals surface area contributed by atoms with Crippen LogP contribution in [0.2, 0.25) is 5.02 Å². The third-order valence-corrected chi connectivity index (χ3v) is 2.70. The first-order valence-electron chi connectivity index (χ1n) is 4.81. The first-order valence-corrected chi connectivity index (χ1v) is 5.56. The van der Waals surface area contributed by atoms with Crippen molar-refractivity contribution in [1.29, 1.82) is 0 Å². The van der Waals surface area contributed by atoms with Gasteiger partial charge < -0.3 is 5.32 Å². The second kappa shape index (κ2) is 5.87. The zero-order valence-electron chi connectivity index (χ0n) is 8.67. The van der Waals surface area contributed by atoms with Gasteiger partial charge in [-0.25, -0.2) is 0 Å². The van der Waals surface area contributed by atoms with Gasteiger partial charge in [0.25, 0.3) is 5.91 Å². The van der Waals surface area contributed by atoms with Crippen molar-refractivity contribution in [1.82, 2.24) is 5.32 Å². The summed E-state index contributed by atoms with van der Waals surface area (Å²) < 4.78 is 0. The van der Waals surface area contributed by atoms with Crippen LogP contribution in [0.25, 0.3) is 0 Å². The van der Waals surface area contributed by atoms with E-state index in [0.29, 0.717) is 17.0 Å². The lowest BCUT2D eigenvalue weighted by atomic mass is 10.2. The molecule has 0 saturated carbocycles. The van der Waals surface area contributed by atoms with Gasteiger partial charge >= 0.3 is 0 Å². The Morgan fingerprint density at radius 1 is 1.38 bits per heavy atom. The Labute approximate surface area is 104 Å². The zero-order chi connectivity index (χ0) is 12.1. The summed E-state index contributed by atoms with van der Waals surface area (Å²) in [5.74, 6) is -0.397. The molecule has 0 spiro atoms. The molecule has 1 amide bonds. The maximum absolute atomic E-state index is 11.7. The molecule has 1 aromatic carbocycles. The van der Waals surface area contributed by atoms with Crippen molar-refractivity contribution in [2.24, 2.45) is 0 Å². The molecule has 16 heavy (non-hydrogen) atoms. The minimum absolute atomic E-state index is 0.334. The summed E-state index contributed by atoms with van der Waals surface area (Å²) in [6.07, 6.45) is 0.443. The largest absolute Gasteiger partial charge is 0.341 e. The summed E-state index contributed by atoms with van der Waals surface area (Å²) in [5.41, 5.74) is 0.334. The van der Waals surface area contributed by atoms with Crippen molar-refractivity contribution >= 4 is 34.4 Å². The van der Waals surface area contributed by atoms with Gasteiger partial charge in [0.1, 0.15) is 6.04 Å². The van der Waals surface area contributed by atoms with Gasteiger partial charge in [-0.05, 0) is 30.2 Å². The van der Waals surface area contributed by atoms with Gasteiger partial charge in [-0.1, -0.05) is 30.7 Å². The van der Waals surface area contributed by atoms with Gasteiger partial charge in [0.2, 0.25) is 5.24 Å². The van der Waals surface area contributed by atoms with E-state index in [9.17, 15) is 9.59 Å².